The molecule has 0 aliphatic carbocycles. The molecule has 182 valence electrons. The van der Waals surface area contributed by atoms with E-state index in [1.807, 2.05) is 42.5 Å². The molecule has 0 radical (unpaired) electrons. The molecule has 1 aliphatic heterocycles. The van der Waals surface area contributed by atoms with Gasteiger partial charge in [0.1, 0.15) is 5.75 Å². The summed E-state index contributed by atoms with van der Waals surface area (Å²) >= 11 is 0. The monoisotopic (exact) mass is 477 g/mol. The zero-order chi connectivity index (χ0) is 22.4. The molecule has 0 spiro atoms. The van der Waals surface area contributed by atoms with Crippen LogP contribution in [-0.4, -0.2) is 53.5 Å². The molecule has 3 unspecified atom stereocenters. The van der Waals surface area contributed by atoms with Crippen molar-refractivity contribution >= 4 is 24.2 Å². The molecule has 7 nitrogen and oxygen atoms in total. The van der Waals surface area contributed by atoms with Gasteiger partial charge in [-0.05, 0) is 54.0 Å². The maximum atomic E-state index is 12.8. The molecule has 2 amide bonds. The lowest BCUT2D eigenvalue weighted by Gasteiger charge is -2.45. The van der Waals surface area contributed by atoms with Gasteiger partial charge in [0.05, 0.1) is 12.5 Å². The molecular formula is C25H36ClN3O4. The summed E-state index contributed by atoms with van der Waals surface area (Å²) in [7, 11) is 0. The number of phenols is 1. The van der Waals surface area contributed by atoms with E-state index < -0.39 is 5.91 Å². The highest BCUT2D eigenvalue weighted by Gasteiger charge is 2.39. The van der Waals surface area contributed by atoms with Gasteiger partial charge in [0.25, 0.3) is 0 Å². The average Bonchev–Trinajstić information content (AvgIpc) is 2.75. The maximum Gasteiger partial charge on any atom is 0.236 e. The Morgan fingerprint density at radius 2 is 1.91 bits per heavy atom. The number of hydrogen-bond acceptors (Lipinski definition) is 4. The van der Waals surface area contributed by atoms with Crippen molar-refractivity contribution in [3.05, 3.63) is 65.7 Å². The number of rotatable bonds is 8. The number of nitrogens with two attached hydrogens (primary N) is 1. The Morgan fingerprint density at radius 3 is 2.52 bits per heavy atom. The van der Waals surface area contributed by atoms with Crippen LogP contribution >= 0.6 is 12.4 Å². The number of carbonyl (C=O) groups excluding carboxylic acids is 2. The first-order chi connectivity index (χ1) is 14.8. The highest BCUT2D eigenvalue weighted by atomic mass is 35.5. The fourth-order valence-corrected chi connectivity index (χ4v) is 4.54. The molecule has 3 atom stereocenters. The quantitative estimate of drug-likeness (QED) is 0.537. The molecule has 1 fully saturated rings. The van der Waals surface area contributed by atoms with Crippen molar-refractivity contribution in [2.24, 2.45) is 17.6 Å². The molecule has 3 rings (SSSR count). The van der Waals surface area contributed by atoms with Gasteiger partial charge in [0.15, 0.2) is 0 Å². The van der Waals surface area contributed by atoms with Crippen molar-refractivity contribution in [3.63, 3.8) is 0 Å². The predicted molar refractivity (Wildman–Crippen MR) is 132 cm³/mol. The summed E-state index contributed by atoms with van der Waals surface area (Å²) in [4.78, 5) is 26.3. The molecule has 2 aromatic carbocycles. The van der Waals surface area contributed by atoms with E-state index in [2.05, 4.69) is 30.1 Å². The summed E-state index contributed by atoms with van der Waals surface area (Å²) in [6.07, 6.45) is 1.55. The standard InChI is InChI=1S/C25H33N3O3.ClH.H2O/c1-18-16-28(12-11-25(18,2)21-9-6-10-22(29)14-21)17-20(24(31)27-15-23(26)30)13-19-7-4-3-5-8-19;;/h3-10,14,18,20,29H,11-13,15-17H2,1-2H3,(H2,26,30)(H,27,31);1H;1H2. The van der Waals surface area contributed by atoms with E-state index in [0.717, 1.165) is 30.6 Å². The van der Waals surface area contributed by atoms with Gasteiger partial charge in [-0.2, -0.15) is 0 Å². The molecule has 0 aromatic heterocycles. The van der Waals surface area contributed by atoms with E-state index in [1.54, 1.807) is 6.07 Å². The number of carbonyl (C=O) groups is 2. The van der Waals surface area contributed by atoms with Crippen molar-refractivity contribution in [2.45, 2.75) is 32.1 Å². The van der Waals surface area contributed by atoms with Crippen LogP contribution in [0.15, 0.2) is 54.6 Å². The van der Waals surface area contributed by atoms with E-state index >= 15 is 0 Å². The number of aromatic hydroxyl groups is 1. The number of piperidine rings is 1. The molecule has 0 saturated carbocycles. The molecular weight excluding hydrogens is 442 g/mol. The van der Waals surface area contributed by atoms with Crippen LogP contribution in [0.5, 0.6) is 5.75 Å². The van der Waals surface area contributed by atoms with E-state index in [-0.39, 0.29) is 41.7 Å². The van der Waals surface area contributed by atoms with Crippen LogP contribution in [-0.2, 0) is 21.4 Å². The molecule has 1 aliphatic rings. The fourth-order valence-electron chi connectivity index (χ4n) is 4.54. The number of likely N-dealkylation sites (tertiary alicyclic amines) is 1. The highest BCUT2D eigenvalue weighted by molar-refractivity contribution is 5.85. The first-order valence-corrected chi connectivity index (χ1v) is 10.9. The zero-order valence-corrected chi connectivity index (χ0v) is 20.1. The lowest BCUT2D eigenvalue weighted by atomic mass is 9.68. The van der Waals surface area contributed by atoms with Crippen LogP contribution in [0.25, 0.3) is 0 Å². The minimum Gasteiger partial charge on any atom is -0.508 e. The maximum absolute atomic E-state index is 12.8. The number of benzene rings is 2. The second-order valence-corrected chi connectivity index (χ2v) is 8.95. The van der Waals surface area contributed by atoms with Crippen LogP contribution in [0.3, 0.4) is 0 Å². The number of nitrogens with zero attached hydrogens (tertiary/aromatic N) is 1. The smallest absolute Gasteiger partial charge is 0.236 e. The summed E-state index contributed by atoms with van der Waals surface area (Å²) in [6.45, 7) is 6.70. The van der Waals surface area contributed by atoms with E-state index in [0.29, 0.717) is 24.6 Å². The topological polar surface area (TPSA) is 127 Å². The lowest BCUT2D eigenvalue weighted by Crippen LogP contribution is -2.50. The second-order valence-electron chi connectivity index (χ2n) is 8.95. The Balaban J connectivity index is 0.00000272. The van der Waals surface area contributed by atoms with Crippen LogP contribution in [0.4, 0.5) is 0 Å². The summed E-state index contributed by atoms with van der Waals surface area (Å²) in [5.41, 5.74) is 7.43. The third-order valence-electron chi connectivity index (χ3n) is 6.68. The van der Waals surface area contributed by atoms with Crippen LogP contribution in [0, 0.1) is 11.8 Å². The Bertz CT molecular complexity index is 912. The molecule has 8 heteroatoms. The predicted octanol–water partition coefficient (Wildman–Crippen LogP) is 2.05. The molecule has 33 heavy (non-hydrogen) atoms. The van der Waals surface area contributed by atoms with Gasteiger partial charge < -0.3 is 26.5 Å². The first kappa shape index (κ1) is 28.4. The van der Waals surface area contributed by atoms with Crippen LogP contribution in [0.1, 0.15) is 31.4 Å². The minimum absolute atomic E-state index is 0. The number of primary amides is 1. The van der Waals surface area contributed by atoms with Crippen LogP contribution in [0.2, 0.25) is 0 Å². The van der Waals surface area contributed by atoms with Gasteiger partial charge in [-0.15, -0.1) is 12.4 Å². The summed E-state index contributed by atoms with van der Waals surface area (Å²) in [5, 5.41) is 12.6. The summed E-state index contributed by atoms with van der Waals surface area (Å²) in [5.74, 6) is -0.299. The third-order valence-corrected chi connectivity index (χ3v) is 6.68. The SMILES string of the molecule is CC1CN(CC(Cc2ccccc2)C(=O)NCC(N)=O)CCC1(C)c1cccc(O)c1.Cl.O. The van der Waals surface area contributed by atoms with E-state index in [9.17, 15) is 14.7 Å². The number of amides is 2. The fraction of sp³-hybridized carbons (Fsp3) is 0.440. The Hall–Kier alpha value is -2.61. The van der Waals surface area contributed by atoms with Gasteiger partial charge in [-0.25, -0.2) is 0 Å². The average molecular weight is 478 g/mol. The number of halogens is 1. The first-order valence-electron chi connectivity index (χ1n) is 10.9. The highest BCUT2D eigenvalue weighted by Crippen LogP contribution is 2.40. The van der Waals surface area contributed by atoms with E-state index in [4.69, 9.17) is 5.73 Å². The third kappa shape index (κ3) is 7.45. The van der Waals surface area contributed by atoms with Crippen molar-refractivity contribution in [3.8, 4) is 5.75 Å². The lowest BCUT2D eigenvalue weighted by molar-refractivity contribution is -0.128. The van der Waals surface area contributed by atoms with Crippen molar-refractivity contribution < 1.29 is 20.2 Å². The summed E-state index contributed by atoms with van der Waals surface area (Å²) in [6, 6.07) is 17.5. The second kappa shape index (κ2) is 12.6. The van der Waals surface area contributed by atoms with Gasteiger partial charge in [-0.1, -0.05) is 56.3 Å². The van der Waals surface area contributed by atoms with E-state index in [1.165, 1.54) is 0 Å². The molecule has 1 heterocycles. The van der Waals surface area contributed by atoms with Gasteiger partial charge in [-0.3, -0.25) is 9.59 Å². The number of nitrogens with one attached hydrogen (secondary N) is 1. The molecule has 1 saturated heterocycles. The van der Waals surface area contributed by atoms with Crippen molar-refractivity contribution in [2.75, 3.05) is 26.2 Å². The van der Waals surface area contributed by atoms with Gasteiger partial charge >= 0.3 is 0 Å². The molecule has 0 bridgehead atoms. The zero-order valence-electron chi connectivity index (χ0n) is 19.3. The normalized spacial score (nSPS) is 21.2. The molecule has 6 N–H and O–H groups in total. The van der Waals surface area contributed by atoms with Gasteiger partial charge in [0, 0.05) is 13.1 Å². The molecule has 2 aromatic rings. The number of phenolic OH excluding ortho intramolecular Hbond substituents is 1. The Kier molecular flexibility index (Phi) is 10.8. The Morgan fingerprint density at radius 1 is 1.21 bits per heavy atom. The number of hydrogen-bond donors (Lipinski definition) is 3. The summed E-state index contributed by atoms with van der Waals surface area (Å²) < 4.78 is 0. The Labute approximate surface area is 202 Å². The van der Waals surface area contributed by atoms with Crippen molar-refractivity contribution in [1.82, 2.24) is 10.2 Å². The van der Waals surface area contributed by atoms with Gasteiger partial charge in [0.2, 0.25) is 11.8 Å². The van der Waals surface area contributed by atoms with Crippen LogP contribution < -0.4 is 11.1 Å². The largest absolute Gasteiger partial charge is 0.508 e. The minimum atomic E-state index is -0.541. The van der Waals surface area contributed by atoms with Crippen molar-refractivity contribution in [1.29, 1.82) is 0 Å².